The Morgan fingerprint density at radius 3 is 2.26 bits per heavy atom. The molecule has 0 atom stereocenters. The maximum Gasteiger partial charge on any atom is 0.226 e. The highest BCUT2D eigenvalue weighted by atomic mass is 35.5. The summed E-state index contributed by atoms with van der Waals surface area (Å²) in [6.07, 6.45) is 0.242. The van der Waals surface area contributed by atoms with Gasteiger partial charge in [0.25, 0.3) is 0 Å². The number of carbonyl (C=O) groups is 2. The van der Waals surface area contributed by atoms with Crippen LogP contribution in [0, 0.1) is 0 Å². The molecule has 0 bridgehead atoms. The van der Waals surface area contributed by atoms with Crippen LogP contribution in [-0.2, 0) is 21.5 Å². The molecule has 27 heavy (non-hydrogen) atoms. The molecule has 0 unspecified atom stereocenters. The van der Waals surface area contributed by atoms with Crippen LogP contribution >= 0.6 is 11.6 Å². The first kappa shape index (κ1) is 21.0. The molecule has 0 spiro atoms. The van der Waals surface area contributed by atoms with Gasteiger partial charge in [0.15, 0.2) is 0 Å². The second-order valence-corrected chi connectivity index (χ2v) is 8.10. The van der Waals surface area contributed by atoms with Gasteiger partial charge in [-0.1, -0.05) is 62.7 Å². The summed E-state index contributed by atoms with van der Waals surface area (Å²) in [4.78, 5) is 26.1. The largest absolute Gasteiger partial charge is 0.338 e. The van der Waals surface area contributed by atoms with Crippen LogP contribution in [-0.4, -0.2) is 23.3 Å². The van der Waals surface area contributed by atoms with Gasteiger partial charge in [-0.05, 0) is 34.7 Å². The molecule has 0 heterocycles. The van der Waals surface area contributed by atoms with Gasteiger partial charge in [-0.15, -0.1) is 0 Å². The average Bonchev–Trinajstić information content (AvgIpc) is 2.59. The zero-order valence-corrected chi connectivity index (χ0v) is 17.1. The normalized spacial score (nSPS) is 11.1. The van der Waals surface area contributed by atoms with E-state index in [0.29, 0.717) is 18.1 Å². The number of benzene rings is 2. The van der Waals surface area contributed by atoms with Crippen molar-refractivity contribution in [2.45, 2.75) is 46.1 Å². The maximum absolute atomic E-state index is 12.4. The van der Waals surface area contributed by atoms with Gasteiger partial charge in [-0.25, -0.2) is 0 Å². The van der Waals surface area contributed by atoms with Crippen LogP contribution in [0.1, 0.15) is 45.2 Å². The Labute approximate surface area is 166 Å². The van der Waals surface area contributed by atoms with Crippen LogP contribution in [0.4, 0.5) is 5.69 Å². The first-order valence-corrected chi connectivity index (χ1v) is 9.44. The van der Waals surface area contributed by atoms with Crippen molar-refractivity contribution in [2.24, 2.45) is 0 Å². The first-order valence-electron chi connectivity index (χ1n) is 9.06. The number of hydrogen-bond acceptors (Lipinski definition) is 2. The van der Waals surface area contributed by atoms with Crippen molar-refractivity contribution >= 4 is 29.1 Å². The summed E-state index contributed by atoms with van der Waals surface area (Å²) in [5.74, 6) is -0.165. The van der Waals surface area contributed by atoms with E-state index in [-0.39, 0.29) is 23.7 Å². The summed E-state index contributed by atoms with van der Waals surface area (Å²) in [5, 5.41) is 3.65. The lowest BCUT2D eigenvalue weighted by molar-refractivity contribution is -0.129. The third-order valence-corrected chi connectivity index (χ3v) is 4.60. The molecule has 0 aliphatic carbocycles. The molecular weight excluding hydrogens is 360 g/mol. The summed E-state index contributed by atoms with van der Waals surface area (Å²) in [6.45, 7) is 8.67. The molecule has 2 amide bonds. The Kier molecular flexibility index (Phi) is 7.03. The molecule has 0 saturated carbocycles. The highest BCUT2D eigenvalue weighted by molar-refractivity contribution is 6.30. The predicted octanol–water partition coefficient (Wildman–Crippen LogP) is 5.01. The van der Waals surface area contributed by atoms with Crippen LogP contribution in [0.15, 0.2) is 48.5 Å². The molecular formula is C22H27ClN2O2. The van der Waals surface area contributed by atoms with Gasteiger partial charge in [0.1, 0.15) is 0 Å². The van der Waals surface area contributed by atoms with Crippen molar-refractivity contribution in [2.75, 3.05) is 11.9 Å². The van der Waals surface area contributed by atoms with Crippen molar-refractivity contribution in [3.05, 3.63) is 64.7 Å². The zero-order chi connectivity index (χ0) is 20.0. The molecule has 0 aliphatic heterocycles. The number of rotatable bonds is 6. The Hall–Kier alpha value is -2.33. The number of amides is 2. The highest BCUT2D eigenvalue weighted by Gasteiger charge is 2.19. The van der Waals surface area contributed by atoms with E-state index >= 15 is 0 Å². The van der Waals surface area contributed by atoms with Crippen molar-refractivity contribution in [3.8, 4) is 0 Å². The summed E-state index contributed by atoms with van der Waals surface area (Å²) >= 11 is 5.90. The Morgan fingerprint density at radius 2 is 1.67 bits per heavy atom. The molecule has 0 fully saturated rings. The van der Waals surface area contributed by atoms with E-state index < -0.39 is 0 Å². The second kappa shape index (κ2) is 9.05. The fourth-order valence-corrected chi connectivity index (χ4v) is 2.98. The topological polar surface area (TPSA) is 49.4 Å². The standard InChI is InChI=1S/C22H27ClN2O2/c1-16(26)25(15-17-9-11-18(23)12-10-17)14-13-21(27)24-20-8-6-5-7-19(20)22(2,3)4/h5-12H,13-15H2,1-4H3,(H,24,27). The number of hydrogen-bond donors (Lipinski definition) is 1. The van der Waals surface area contributed by atoms with Crippen LogP contribution in [0.2, 0.25) is 5.02 Å². The molecule has 0 radical (unpaired) electrons. The minimum absolute atomic E-state index is 0.0622. The van der Waals surface area contributed by atoms with Gasteiger partial charge < -0.3 is 10.2 Å². The summed E-state index contributed by atoms with van der Waals surface area (Å²) in [5.41, 5.74) is 2.82. The summed E-state index contributed by atoms with van der Waals surface area (Å²) in [6, 6.07) is 15.2. The molecule has 2 aromatic carbocycles. The van der Waals surface area contributed by atoms with Crippen LogP contribution in [0.25, 0.3) is 0 Å². The predicted molar refractivity (Wildman–Crippen MR) is 111 cm³/mol. The number of anilines is 1. The van der Waals surface area contributed by atoms with Crippen molar-refractivity contribution in [1.29, 1.82) is 0 Å². The second-order valence-electron chi connectivity index (χ2n) is 7.66. The molecule has 2 aromatic rings. The van der Waals surface area contributed by atoms with E-state index in [9.17, 15) is 9.59 Å². The fourth-order valence-electron chi connectivity index (χ4n) is 2.85. The maximum atomic E-state index is 12.4. The highest BCUT2D eigenvalue weighted by Crippen LogP contribution is 2.29. The molecule has 144 valence electrons. The van der Waals surface area contributed by atoms with E-state index in [1.54, 1.807) is 17.0 Å². The molecule has 0 saturated heterocycles. The Morgan fingerprint density at radius 1 is 1.04 bits per heavy atom. The van der Waals surface area contributed by atoms with E-state index in [0.717, 1.165) is 16.8 Å². The minimum atomic E-state index is -0.103. The lowest BCUT2D eigenvalue weighted by Gasteiger charge is -2.24. The number of halogens is 1. The molecule has 1 N–H and O–H groups in total. The molecule has 0 aromatic heterocycles. The number of nitrogens with zero attached hydrogens (tertiary/aromatic N) is 1. The van der Waals surface area contributed by atoms with E-state index in [4.69, 9.17) is 11.6 Å². The molecule has 4 nitrogen and oxygen atoms in total. The minimum Gasteiger partial charge on any atom is -0.338 e. The Bertz CT molecular complexity index is 795. The molecule has 2 rings (SSSR count). The fraction of sp³-hybridized carbons (Fsp3) is 0.364. The lowest BCUT2D eigenvalue weighted by atomic mass is 9.86. The third kappa shape index (κ3) is 6.40. The average molecular weight is 387 g/mol. The summed E-state index contributed by atoms with van der Waals surface area (Å²) < 4.78 is 0. The lowest BCUT2D eigenvalue weighted by Crippen LogP contribution is -2.31. The van der Waals surface area contributed by atoms with Crippen molar-refractivity contribution in [1.82, 2.24) is 4.90 Å². The van der Waals surface area contributed by atoms with Gasteiger partial charge in [0, 0.05) is 37.1 Å². The van der Waals surface area contributed by atoms with E-state index in [1.165, 1.54) is 6.92 Å². The van der Waals surface area contributed by atoms with Crippen LogP contribution in [0.5, 0.6) is 0 Å². The summed E-state index contributed by atoms with van der Waals surface area (Å²) in [7, 11) is 0. The SMILES string of the molecule is CC(=O)N(CCC(=O)Nc1ccccc1C(C)(C)C)Cc1ccc(Cl)cc1. The number of para-hydroxylation sites is 1. The molecule has 0 aliphatic rings. The van der Waals surface area contributed by atoms with Crippen LogP contribution < -0.4 is 5.32 Å². The first-order chi connectivity index (χ1) is 12.7. The van der Waals surface area contributed by atoms with E-state index in [2.05, 4.69) is 26.1 Å². The van der Waals surface area contributed by atoms with Crippen molar-refractivity contribution in [3.63, 3.8) is 0 Å². The Balaban J connectivity index is 1.98. The third-order valence-electron chi connectivity index (χ3n) is 4.35. The zero-order valence-electron chi connectivity index (χ0n) is 16.4. The molecule has 5 heteroatoms. The van der Waals surface area contributed by atoms with Gasteiger partial charge in [0.2, 0.25) is 11.8 Å². The van der Waals surface area contributed by atoms with Gasteiger partial charge in [0.05, 0.1) is 0 Å². The number of carbonyl (C=O) groups excluding carboxylic acids is 2. The van der Waals surface area contributed by atoms with Gasteiger partial charge in [-0.2, -0.15) is 0 Å². The van der Waals surface area contributed by atoms with Crippen molar-refractivity contribution < 1.29 is 9.59 Å². The quantitative estimate of drug-likeness (QED) is 0.758. The number of nitrogens with one attached hydrogen (secondary N) is 1. The van der Waals surface area contributed by atoms with E-state index in [1.807, 2.05) is 36.4 Å². The van der Waals surface area contributed by atoms with Gasteiger partial charge in [-0.3, -0.25) is 9.59 Å². The smallest absolute Gasteiger partial charge is 0.226 e. The monoisotopic (exact) mass is 386 g/mol. The van der Waals surface area contributed by atoms with Crippen LogP contribution in [0.3, 0.4) is 0 Å². The van der Waals surface area contributed by atoms with Gasteiger partial charge >= 0.3 is 0 Å².